The molecule has 1 fully saturated rings. The summed E-state index contributed by atoms with van der Waals surface area (Å²) < 4.78 is 39.2. The number of hydrogen-bond donors (Lipinski definition) is 1. The van der Waals surface area contributed by atoms with Crippen LogP contribution in [-0.2, 0) is 12.8 Å². The summed E-state index contributed by atoms with van der Waals surface area (Å²) in [6.45, 7) is -0.735. The summed E-state index contributed by atoms with van der Waals surface area (Å²) in [6, 6.07) is -0.232. The van der Waals surface area contributed by atoms with Crippen LogP contribution in [0.1, 0.15) is 43.1 Å². The Morgan fingerprint density at radius 3 is 2.44 bits per heavy atom. The van der Waals surface area contributed by atoms with Gasteiger partial charge in [-0.2, -0.15) is 13.2 Å². The first-order valence-corrected chi connectivity index (χ1v) is 5.16. The smallest absolute Gasteiger partial charge is 0.390 e. The SMILES string of the molecule is OCc1nnn(C2CCCC2)c1C(F)(F)F. The third-order valence-electron chi connectivity index (χ3n) is 2.85. The van der Waals surface area contributed by atoms with E-state index >= 15 is 0 Å². The van der Waals surface area contributed by atoms with Gasteiger partial charge in [0, 0.05) is 0 Å². The second kappa shape index (κ2) is 4.04. The lowest BCUT2D eigenvalue weighted by atomic mass is 10.2. The number of nitrogens with zero attached hydrogens (tertiary/aromatic N) is 3. The molecular weight excluding hydrogens is 223 g/mol. The number of rotatable bonds is 2. The van der Waals surface area contributed by atoms with Crippen molar-refractivity contribution in [2.75, 3.05) is 0 Å². The van der Waals surface area contributed by atoms with Crippen molar-refractivity contribution in [2.24, 2.45) is 0 Å². The molecule has 16 heavy (non-hydrogen) atoms. The zero-order chi connectivity index (χ0) is 11.8. The van der Waals surface area contributed by atoms with Gasteiger partial charge in [-0.25, -0.2) is 4.68 Å². The molecule has 0 aliphatic heterocycles. The van der Waals surface area contributed by atoms with E-state index in [4.69, 9.17) is 5.11 Å². The van der Waals surface area contributed by atoms with E-state index in [-0.39, 0.29) is 11.7 Å². The van der Waals surface area contributed by atoms with Crippen molar-refractivity contribution in [3.8, 4) is 0 Å². The van der Waals surface area contributed by atoms with Gasteiger partial charge in [-0.1, -0.05) is 18.1 Å². The highest BCUT2D eigenvalue weighted by molar-refractivity contribution is 5.14. The lowest BCUT2D eigenvalue weighted by Crippen LogP contribution is -2.19. The Bertz CT molecular complexity index is 369. The maximum absolute atomic E-state index is 12.8. The van der Waals surface area contributed by atoms with Crippen LogP contribution in [0.15, 0.2) is 0 Å². The van der Waals surface area contributed by atoms with Gasteiger partial charge in [0.1, 0.15) is 5.69 Å². The highest BCUT2D eigenvalue weighted by atomic mass is 19.4. The topological polar surface area (TPSA) is 50.9 Å². The largest absolute Gasteiger partial charge is 0.435 e. The van der Waals surface area contributed by atoms with Crippen molar-refractivity contribution in [2.45, 2.75) is 44.5 Å². The van der Waals surface area contributed by atoms with Crippen molar-refractivity contribution in [3.63, 3.8) is 0 Å². The molecule has 0 atom stereocenters. The van der Waals surface area contributed by atoms with Crippen LogP contribution in [0.25, 0.3) is 0 Å². The molecule has 1 saturated carbocycles. The van der Waals surface area contributed by atoms with Crippen LogP contribution in [0, 0.1) is 0 Å². The number of aromatic nitrogens is 3. The van der Waals surface area contributed by atoms with Gasteiger partial charge in [0.2, 0.25) is 0 Å². The molecular formula is C9H12F3N3O. The molecule has 0 unspecified atom stereocenters. The van der Waals surface area contributed by atoms with Crippen molar-refractivity contribution >= 4 is 0 Å². The van der Waals surface area contributed by atoms with Crippen molar-refractivity contribution in [1.29, 1.82) is 0 Å². The number of aliphatic hydroxyl groups is 1. The van der Waals surface area contributed by atoms with Gasteiger partial charge >= 0.3 is 6.18 Å². The summed E-state index contributed by atoms with van der Waals surface area (Å²) in [5, 5.41) is 15.7. The van der Waals surface area contributed by atoms with Gasteiger partial charge in [-0.3, -0.25) is 0 Å². The molecule has 0 aromatic carbocycles. The van der Waals surface area contributed by atoms with Gasteiger partial charge in [-0.15, -0.1) is 5.10 Å². The Morgan fingerprint density at radius 2 is 1.94 bits per heavy atom. The lowest BCUT2D eigenvalue weighted by Gasteiger charge is -2.15. The maximum Gasteiger partial charge on any atom is 0.435 e. The minimum Gasteiger partial charge on any atom is -0.390 e. The normalized spacial score (nSPS) is 18.2. The van der Waals surface area contributed by atoms with E-state index in [1.165, 1.54) is 0 Å². The highest BCUT2D eigenvalue weighted by Gasteiger charge is 2.41. The molecule has 1 aliphatic rings. The lowest BCUT2D eigenvalue weighted by molar-refractivity contribution is -0.146. The molecule has 1 N–H and O–H groups in total. The Kier molecular flexibility index (Phi) is 2.88. The quantitative estimate of drug-likeness (QED) is 0.851. The molecule has 0 saturated heterocycles. The van der Waals surface area contributed by atoms with Gasteiger partial charge in [0.25, 0.3) is 0 Å². The van der Waals surface area contributed by atoms with E-state index in [1.807, 2.05) is 0 Å². The van der Waals surface area contributed by atoms with Crippen molar-refractivity contribution in [3.05, 3.63) is 11.4 Å². The van der Waals surface area contributed by atoms with Crippen LogP contribution in [0.5, 0.6) is 0 Å². The molecule has 7 heteroatoms. The molecule has 90 valence electrons. The van der Waals surface area contributed by atoms with E-state index < -0.39 is 18.5 Å². The molecule has 0 amide bonds. The minimum absolute atomic E-state index is 0.232. The average Bonchev–Trinajstić information content (AvgIpc) is 2.84. The summed E-state index contributed by atoms with van der Waals surface area (Å²) in [5.41, 5.74) is -1.29. The first kappa shape index (κ1) is 11.4. The summed E-state index contributed by atoms with van der Waals surface area (Å²) >= 11 is 0. The fraction of sp³-hybridized carbons (Fsp3) is 0.778. The van der Waals surface area contributed by atoms with Gasteiger partial charge < -0.3 is 5.11 Å². The molecule has 2 rings (SSSR count). The number of hydrogen-bond acceptors (Lipinski definition) is 3. The number of halogens is 3. The molecule has 1 aliphatic carbocycles. The van der Waals surface area contributed by atoms with Crippen molar-refractivity contribution < 1.29 is 18.3 Å². The predicted octanol–water partition coefficient (Wildman–Crippen LogP) is 1.90. The second-order valence-electron chi connectivity index (χ2n) is 3.92. The fourth-order valence-electron chi connectivity index (χ4n) is 2.13. The molecule has 1 aromatic rings. The fourth-order valence-corrected chi connectivity index (χ4v) is 2.13. The first-order chi connectivity index (χ1) is 7.54. The van der Waals surface area contributed by atoms with Gasteiger partial charge in [-0.05, 0) is 12.8 Å². The van der Waals surface area contributed by atoms with Crippen LogP contribution < -0.4 is 0 Å². The molecule has 0 spiro atoms. The molecule has 4 nitrogen and oxygen atoms in total. The minimum atomic E-state index is -4.51. The Balaban J connectivity index is 2.41. The van der Waals surface area contributed by atoms with E-state index in [0.717, 1.165) is 17.5 Å². The zero-order valence-corrected chi connectivity index (χ0v) is 8.54. The van der Waals surface area contributed by atoms with E-state index in [0.29, 0.717) is 12.8 Å². The summed E-state index contributed by atoms with van der Waals surface area (Å²) in [5.74, 6) is 0. The van der Waals surface area contributed by atoms with E-state index in [1.54, 1.807) is 0 Å². The van der Waals surface area contributed by atoms with Crippen LogP contribution in [0.3, 0.4) is 0 Å². The first-order valence-electron chi connectivity index (χ1n) is 5.16. The van der Waals surface area contributed by atoms with Crippen LogP contribution in [-0.4, -0.2) is 20.1 Å². The number of alkyl halides is 3. The molecule has 1 aromatic heterocycles. The van der Waals surface area contributed by atoms with Gasteiger partial charge in [0.05, 0.1) is 12.6 Å². The van der Waals surface area contributed by atoms with Crippen LogP contribution in [0.2, 0.25) is 0 Å². The summed E-state index contributed by atoms with van der Waals surface area (Å²) in [6.07, 6.45) is -1.30. The highest BCUT2D eigenvalue weighted by Crippen LogP contribution is 2.37. The van der Waals surface area contributed by atoms with E-state index in [2.05, 4.69) is 10.3 Å². The number of aliphatic hydroxyl groups excluding tert-OH is 1. The third kappa shape index (κ3) is 1.91. The van der Waals surface area contributed by atoms with Gasteiger partial charge in [0.15, 0.2) is 5.69 Å². The Morgan fingerprint density at radius 1 is 1.31 bits per heavy atom. The monoisotopic (exact) mass is 235 g/mol. The molecule has 0 radical (unpaired) electrons. The molecule has 1 heterocycles. The van der Waals surface area contributed by atoms with Crippen LogP contribution >= 0.6 is 0 Å². The second-order valence-corrected chi connectivity index (χ2v) is 3.92. The summed E-state index contributed by atoms with van der Waals surface area (Å²) in [4.78, 5) is 0. The maximum atomic E-state index is 12.8. The van der Waals surface area contributed by atoms with Crippen molar-refractivity contribution in [1.82, 2.24) is 15.0 Å². The Labute approximate surface area is 90.1 Å². The molecule has 0 bridgehead atoms. The van der Waals surface area contributed by atoms with Crippen LogP contribution in [0.4, 0.5) is 13.2 Å². The zero-order valence-electron chi connectivity index (χ0n) is 8.54. The standard InChI is InChI=1S/C9H12F3N3O/c10-9(11,12)8-7(5-16)13-14-15(8)6-3-1-2-4-6/h6,16H,1-5H2. The average molecular weight is 235 g/mol. The summed E-state index contributed by atoms with van der Waals surface area (Å²) in [7, 11) is 0. The van der Waals surface area contributed by atoms with E-state index in [9.17, 15) is 13.2 Å². The Hall–Kier alpha value is -1.11. The third-order valence-corrected chi connectivity index (χ3v) is 2.85. The predicted molar refractivity (Wildman–Crippen MR) is 48.5 cm³/mol.